The minimum absolute atomic E-state index is 0.114. The maximum absolute atomic E-state index is 12.5. The lowest BCUT2D eigenvalue weighted by Gasteiger charge is -2.40. The molecule has 0 radical (unpaired) electrons. The summed E-state index contributed by atoms with van der Waals surface area (Å²) in [6.07, 6.45) is 2.71. The van der Waals surface area contributed by atoms with Crippen LogP contribution in [0, 0.1) is 0 Å². The van der Waals surface area contributed by atoms with E-state index in [2.05, 4.69) is 15.3 Å². The number of carbonyl (C=O) groups excluding carboxylic acids is 2. The summed E-state index contributed by atoms with van der Waals surface area (Å²) in [6, 6.07) is 6.12. The van der Waals surface area contributed by atoms with Crippen LogP contribution in [-0.4, -0.2) is 71.3 Å². The Morgan fingerprint density at radius 1 is 1.00 bits per heavy atom. The summed E-state index contributed by atoms with van der Waals surface area (Å²) in [7, 11) is -8.47. The number of carbonyl (C=O) groups is 2. The third-order valence-electron chi connectivity index (χ3n) is 4.85. The van der Waals surface area contributed by atoms with Crippen LogP contribution in [0.4, 0.5) is 0 Å². The van der Waals surface area contributed by atoms with Crippen molar-refractivity contribution >= 4 is 27.0 Å². The molecule has 0 spiro atoms. The Labute approximate surface area is 183 Å². The fourth-order valence-electron chi connectivity index (χ4n) is 3.07. The number of nitrogens with one attached hydrogen (secondary N) is 1. The van der Waals surface area contributed by atoms with Crippen LogP contribution in [0.25, 0.3) is 11.4 Å². The molecule has 32 heavy (non-hydrogen) atoms. The highest BCUT2D eigenvalue weighted by Gasteiger charge is 2.44. The molecule has 0 saturated carbocycles. The first-order valence-corrected chi connectivity index (χ1v) is 13.0. The Kier molecular flexibility index (Phi) is 7.24. The van der Waals surface area contributed by atoms with Crippen LogP contribution in [0.1, 0.15) is 33.6 Å². The second-order valence-corrected chi connectivity index (χ2v) is 10.8. The quantitative estimate of drug-likeness (QED) is 0.264. The second-order valence-electron chi connectivity index (χ2n) is 7.22. The van der Waals surface area contributed by atoms with Crippen molar-refractivity contribution in [1.82, 2.24) is 20.2 Å². The Morgan fingerprint density at radius 2 is 1.59 bits per heavy atom. The van der Waals surface area contributed by atoms with Gasteiger partial charge in [-0.15, -0.1) is 0 Å². The molecule has 1 saturated heterocycles. The lowest BCUT2D eigenvalue weighted by Crippen LogP contribution is -2.50. The Morgan fingerprint density at radius 3 is 2.03 bits per heavy atom. The summed E-state index contributed by atoms with van der Waals surface area (Å²) in [6.45, 7) is 0.378. The van der Waals surface area contributed by atoms with Gasteiger partial charge in [-0.05, 0) is 37.1 Å². The first-order chi connectivity index (χ1) is 15.0. The van der Waals surface area contributed by atoms with Gasteiger partial charge in [0.25, 0.3) is 11.8 Å². The summed E-state index contributed by atoms with van der Waals surface area (Å²) in [5.74, 6) is -2.05. The number of aromatic nitrogens is 2. The van der Waals surface area contributed by atoms with Crippen molar-refractivity contribution in [2.45, 2.75) is 18.6 Å². The van der Waals surface area contributed by atoms with E-state index >= 15 is 0 Å². The molecule has 172 valence electrons. The Balaban J connectivity index is 1.59. The fourth-order valence-corrected chi connectivity index (χ4v) is 4.67. The summed E-state index contributed by atoms with van der Waals surface area (Å²) < 4.78 is 22.2. The zero-order chi connectivity index (χ0) is 23.5. The van der Waals surface area contributed by atoms with Crippen LogP contribution >= 0.6 is 15.2 Å². The van der Waals surface area contributed by atoms with Crippen LogP contribution in [-0.2, 0) is 9.13 Å². The Hall–Kier alpha value is -2.46. The second kappa shape index (κ2) is 9.58. The molecular formula is C18H22N4O8P2. The molecule has 0 bridgehead atoms. The third kappa shape index (κ3) is 6.07. The van der Waals surface area contributed by atoms with Gasteiger partial charge in [0.05, 0.1) is 28.7 Å². The number of pyridine rings is 2. The van der Waals surface area contributed by atoms with Gasteiger partial charge >= 0.3 is 15.2 Å². The van der Waals surface area contributed by atoms with Gasteiger partial charge in [-0.3, -0.25) is 28.7 Å². The molecule has 2 aromatic heterocycles. The van der Waals surface area contributed by atoms with Crippen molar-refractivity contribution in [3.63, 3.8) is 0 Å². The average molecular weight is 484 g/mol. The number of hydrogen-bond donors (Lipinski definition) is 5. The molecule has 3 rings (SSSR count). The monoisotopic (exact) mass is 484 g/mol. The van der Waals surface area contributed by atoms with Gasteiger partial charge in [-0.2, -0.15) is 0 Å². The van der Waals surface area contributed by atoms with Gasteiger partial charge in [0.1, 0.15) is 5.78 Å². The summed E-state index contributed by atoms with van der Waals surface area (Å²) >= 11 is 0. The summed E-state index contributed by atoms with van der Waals surface area (Å²) in [4.78, 5) is 70.2. The van der Waals surface area contributed by atoms with Gasteiger partial charge in [-0.25, -0.2) is 0 Å². The highest BCUT2D eigenvalue weighted by Crippen LogP contribution is 2.49. The molecule has 14 heteroatoms. The fraction of sp³-hybridized carbons (Fsp3) is 0.333. The minimum atomic E-state index is -4.38. The normalized spacial score (nSPS) is 16.4. The minimum Gasteiger partial charge on any atom is -0.352 e. The molecule has 1 fully saturated rings. The van der Waals surface area contributed by atoms with Crippen LogP contribution in [0.15, 0.2) is 36.7 Å². The number of amides is 2. The van der Waals surface area contributed by atoms with E-state index < -0.39 is 32.8 Å². The molecule has 0 aliphatic carbocycles. The predicted molar refractivity (Wildman–Crippen MR) is 113 cm³/mol. The van der Waals surface area contributed by atoms with Crippen LogP contribution < -0.4 is 5.32 Å². The van der Waals surface area contributed by atoms with Crippen LogP contribution in [0.2, 0.25) is 0 Å². The van der Waals surface area contributed by atoms with E-state index in [0.717, 1.165) is 4.90 Å². The molecule has 1 unspecified atom stereocenters. The largest absolute Gasteiger partial charge is 0.352 e. The average Bonchev–Trinajstić information content (AvgIpc) is 2.68. The molecular weight excluding hydrogens is 462 g/mol. The van der Waals surface area contributed by atoms with E-state index in [1.807, 2.05) is 0 Å². The summed E-state index contributed by atoms with van der Waals surface area (Å²) in [5, 5.41) is 2.55. The SMILES string of the molecule is O=C(NCCCP(=O)(O)O)c1ccc(-c2ccc(C(=O)N3CCC3P(=O)(O)O)cn2)nc1. The topological polar surface area (TPSA) is 190 Å². The molecule has 1 aliphatic rings. The van der Waals surface area contributed by atoms with Crippen molar-refractivity contribution in [2.75, 3.05) is 19.3 Å². The number of rotatable bonds is 8. The number of nitrogens with zero attached hydrogens (tertiary/aromatic N) is 3. The molecule has 5 N–H and O–H groups in total. The van der Waals surface area contributed by atoms with Crippen LogP contribution in [0.5, 0.6) is 0 Å². The Bertz CT molecular complexity index is 1080. The van der Waals surface area contributed by atoms with Gasteiger partial charge in [-0.1, -0.05) is 0 Å². The zero-order valence-corrected chi connectivity index (χ0v) is 18.5. The van der Waals surface area contributed by atoms with E-state index in [1.165, 1.54) is 24.5 Å². The predicted octanol–water partition coefficient (Wildman–Crippen LogP) is 0.791. The standard InChI is InChI=1S/C18H22N4O8P2/c23-17(19-7-1-9-31(25,26)27)12-2-4-14(20-10-12)15-5-3-13(11-21-15)18(24)22-8-6-16(22)32(28,29)30/h2-5,10-11,16H,1,6-9H2,(H,19,23)(H2,25,26,27)(H2,28,29,30). The van der Waals surface area contributed by atoms with E-state index in [-0.39, 0.29) is 43.2 Å². The van der Waals surface area contributed by atoms with Gasteiger partial charge < -0.3 is 29.8 Å². The maximum Gasteiger partial charge on any atom is 0.347 e. The van der Waals surface area contributed by atoms with E-state index in [9.17, 15) is 28.5 Å². The van der Waals surface area contributed by atoms with Crippen molar-refractivity contribution in [2.24, 2.45) is 0 Å². The van der Waals surface area contributed by atoms with Crippen molar-refractivity contribution in [3.8, 4) is 11.4 Å². The van der Waals surface area contributed by atoms with Crippen molar-refractivity contribution < 1.29 is 38.3 Å². The van der Waals surface area contributed by atoms with Gasteiger partial charge in [0, 0.05) is 25.5 Å². The molecule has 2 aromatic rings. The molecule has 2 amide bonds. The molecule has 3 heterocycles. The lowest BCUT2D eigenvalue weighted by molar-refractivity contribution is 0.0553. The highest BCUT2D eigenvalue weighted by molar-refractivity contribution is 7.52. The van der Waals surface area contributed by atoms with E-state index in [0.29, 0.717) is 11.4 Å². The molecule has 12 nitrogen and oxygen atoms in total. The third-order valence-corrected chi connectivity index (χ3v) is 7.06. The van der Waals surface area contributed by atoms with Crippen molar-refractivity contribution in [1.29, 1.82) is 0 Å². The van der Waals surface area contributed by atoms with Gasteiger partial charge in [0.2, 0.25) is 0 Å². The number of hydrogen-bond acceptors (Lipinski definition) is 6. The molecule has 0 aromatic carbocycles. The lowest BCUT2D eigenvalue weighted by atomic mass is 10.1. The highest BCUT2D eigenvalue weighted by atomic mass is 31.2. The first kappa shape index (κ1) is 24.2. The van der Waals surface area contributed by atoms with Crippen molar-refractivity contribution in [3.05, 3.63) is 47.8 Å². The number of likely N-dealkylation sites (tertiary alicyclic amines) is 1. The zero-order valence-electron chi connectivity index (χ0n) is 16.7. The smallest absolute Gasteiger partial charge is 0.347 e. The van der Waals surface area contributed by atoms with E-state index in [1.54, 1.807) is 12.1 Å². The summed E-state index contributed by atoms with van der Waals surface area (Å²) in [5.41, 5.74) is 1.33. The van der Waals surface area contributed by atoms with E-state index in [4.69, 9.17) is 9.79 Å². The van der Waals surface area contributed by atoms with Crippen LogP contribution in [0.3, 0.4) is 0 Å². The maximum atomic E-state index is 12.5. The molecule has 1 aliphatic heterocycles. The molecule has 1 atom stereocenters. The first-order valence-electron chi connectivity index (χ1n) is 9.57. The van der Waals surface area contributed by atoms with Gasteiger partial charge in [0.15, 0.2) is 0 Å².